The van der Waals surface area contributed by atoms with Crippen molar-refractivity contribution >= 4 is 5.91 Å². The van der Waals surface area contributed by atoms with E-state index in [1.165, 1.54) is 26.2 Å². The topological polar surface area (TPSA) is 68.2 Å². The fourth-order valence-electron chi connectivity index (χ4n) is 1.99. The zero-order chi connectivity index (χ0) is 15.8. The number of hydrogen-bond acceptors (Lipinski definition) is 5. The molecule has 6 heteroatoms. The summed E-state index contributed by atoms with van der Waals surface area (Å²) in [7, 11) is 4.44. The first kappa shape index (κ1) is 16.8. The molecule has 1 aromatic carbocycles. The van der Waals surface area contributed by atoms with E-state index < -0.39 is 0 Å². The fraction of sp³-hybridized carbons (Fsp3) is 0.400. The van der Waals surface area contributed by atoms with E-state index >= 15 is 0 Å². The van der Waals surface area contributed by atoms with Gasteiger partial charge in [0, 0.05) is 13.1 Å². The van der Waals surface area contributed by atoms with Crippen LogP contribution in [-0.2, 0) is 0 Å². The number of amides is 1. The highest BCUT2D eigenvalue weighted by atomic mass is 16.5. The van der Waals surface area contributed by atoms with Crippen LogP contribution in [0.1, 0.15) is 10.4 Å². The largest absolute Gasteiger partial charge is 0.493 e. The van der Waals surface area contributed by atoms with E-state index in [2.05, 4.69) is 6.58 Å². The lowest BCUT2D eigenvalue weighted by Crippen LogP contribution is -2.34. The Hall–Kier alpha value is -2.21. The molecule has 1 rings (SSSR count). The molecule has 6 nitrogen and oxygen atoms in total. The van der Waals surface area contributed by atoms with Crippen molar-refractivity contribution in [3.05, 3.63) is 30.4 Å². The summed E-state index contributed by atoms with van der Waals surface area (Å²) in [5.74, 6) is 0.854. The number of carbonyl (C=O) groups excluding carboxylic acids is 1. The molecule has 0 unspecified atom stereocenters. The first-order valence-electron chi connectivity index (χ1n) is 6.44. The molecule has 0 heterocycles. The van der Waals surface area contributed by atoms with Gasteiger partial charge in [0.1, 0.15) is 0 Å². The Morgan fingerprint density at radius 3 is 2.38 bits per heavy atom. The zero-order valence-electron chi connectivity index (χ0n) is 12.6. The quantitative estimate of drug-likeness (QED) is 0.733. The Kier molecular flexibility index (Phi) is 6.55. The van der Waals surface area contributed by atoms with Gasteiger partial charge in [0.05, 0.1) is 33.5 Å². The summed E-state index contributed by atoms with van der Waals surface area (Å²) in [6, 6.07) is 3.25. The maximum atomic E-state index is 12.6. The van der Waals surface area contributed by atoms with Gasteiger partial charge in [-0.05, 0) is 12.1 Å². The average Bonchev–Trinajstić information content (AvgIpc) is 2.52. The van der Waals surface area contributed by atoms with Crippen LogP contribution < -0.4 is 14.2 Å². The second kappa shape index (κ2) is 8.16. The predicted octanol–water partition coefficient (Wildman–Crippen LogP) is 1.33. The number of aliphatic hydroxyl groups excluding tert-OH is 1. The molecule has 116 valence electrons. The standard InChI is InChI=1S/C15H21NO5/c1-5-8-16(9-10-17)15(18)11-6-7-12(19-2)14(21-4)13(11)20-3/h5-7,17H,1,8-10H2,2-4H3. The van der Waals surface area contributed by atoms with Crippen LogP contribution in [0.3, 0.4) is 0 Å². The maximum Gasteiger partial charge on any atom is 0.258 e. The Balaban J connectivity index is 3.27. The van der Waals surface area contributed by atoms with Crippen LogP contribution >= 0.6 is 0 Å². The third kappa shape index (κ3) is 3.66. The second-order valence-electron chi connectivity index (χ2n) is 4.15. The van der Waals surface area contributed by atoms with Gasteiger partial charge in [0.25, 0.3) is 5.91 Å². The molecule has 21 heavy (non-hydrogen) atoms. The Morgan fingerprint density at radius 2 is 1.90 bits per heavy atom. The Morgan fingerprint density at radius 1 is 1.24 bits per heavy atom. The van der Waals surface area contributed by atoms with Crippen molar-refractivity contribution in [3.8, 4) is 17.2 Å². The molecule has 0 bridgehead atoms. The van der Waals surface area contributed by atoms with Crippen molar-refractivity contribution in [2.75, 3.05) is 41.0 Å². The lowest BCUT2D eigenvalue weighted by molar-refractivity contribution is 0.0738. The lowest BCUT2D eigenvalue weighted by atomic mass is 10.1. The van der Waals surface area contributed by atoms with Crippen molar-refractivity contribution < 1.29 is 24.1 Å². The van der Waals surface area contributed by atoms with Crippen LogP contribution in [0.2, 0.25) is 0 Å². The van der Waals surface area contributed by atoms with Gasteiger partial charge in [-0.2, -0.15) is 0 Å². The number of ether oxygens (including phenoxy) is 3. The number of hydrogen-bond donors (Lipinski definition) is 1. The van der Waals surface area contributed by atoms with Gasteiger partial charge in [0.2, 0.25) is 5.75 Å². The minimum absolute atomic E-state index is 0.130. The third-order valence-electron chi connectivity index (χ3n) is 2.94. The highest BCUT2D eigenvalue weighted by Gasteiger charge is 2.23. The molecule has 0 saturated carbocycles. The van der Waals surface area contributed by atoms with Crippen LogP contribution in [0.15, 0.2) is 24.8 Å². The molecule has 1 N–H and O–H groups in total. The lowest BCUT2D eigenvalue weighted by Gasteiger charge is -2.22. The van der Waals surface area contributed by atoms with Crippen molar-refractivity contribution in [1.29, 1.82) is 0 Å². The van der Waals surface area contributed by atoms with E-state index in [1.807, 2.05) is 0 Å². The molecule has 0 aromatic heterocycles. The van der Waals surface area contributed by atoms with Crippen molar-refractivity contribution in [3.63, 3.8) is 0 Å². The third-order valence-corrected chi connectivity index (χ3v) is 2.94. The zero-order valence-corrected chi connectivity index (χ0v) is 12.6. The highest BCUT2D eigenvalue weighted by molar-refractivity contribution is 5.98. The number of carbonyl (C=O) groups is 1. The normalized spacial score (nSPS) is 9.90. The summed E-state index contributed by atoms with van der Waals surface area (Å²) in [5, 5.41) is 9.06. The summed E-state index contributed by atoms with van der Waals surface area (Å²) in [5.41, 5.74) is 0.338. The smallest absolute Gasteiger partial charge is 0.258 e. The summed E-state index contributed by atoms with van der Waals surface area (Å²) in [6.07, 6.45) is 1.60. The number of methoxy groups -OCH3 is 3. The molecule has 0 aliphatic heterocycles. The van der Waals surface area contributed by atoms with Crippen LogP contribution in [0.5, 0.6) is 17.2 Å². The number of rotatable bonds is 8. The number of aliphatic hydroxyl groups is 1. The average molecular weight is 295 g/mol. The molecule has 0 radical (unpaired) electrons. The number of benzene rings is 1. The first-order valence-corrected chi connectivity index (χ1v) is 6.44. The van der Waals surface area contributed by atoms with Crippen LogP contribution in [0.4, 0.5) is 0 Å². The van der Waals surface area contributed by atoms with E-state index in [0.717, 1.165) is 0 Å². The van der Waals surface area contributed by atoms with E-state index in [1.54, 1.807) is 18.2 Å². The summed E-state index contributed by atoms with van der Waals surface area (Å²) >= 11 is 0. The monoisotopic (exact) mass is 295 g/mol. The molecular formula is C15H21NO5. The summed E-state index contributed by atoms with van der Waals surface area (Å²) in [4.78, 5) is 14.0. The van der Waals surface area contributed by atoms with Gasteiger partial charge >= 0.3 is 0 Å². The van der Waals surface area contributed by atoms with Crippen LogP contribution in [0.25, 0.3) is 0 Å². The molecule has 0 saturated heterocycles. The van der Waals surface area contributed by atoms with E-state index in [-0.39, 0.29) is 19.1 Å². The van der Waals surface area contributed by atoms with Crippen molar-refractivity contribution in [1.82, 2.24) is 4.90 Å². The minimum atomic E-state index is -0.276. The van der Waals surface area contributed by atoms with Gasteiger partial charge < -0.3 is 24.2 Å². The van der Waals surface area contributed by atoms with E-state index in [4.69, 9.17) is 19.3 Å². The van der Waals surface area contributed by atoms with Gasteiger partial charge in [0.15, 0.2) is 11.5 Å². The second-order valence-corrected chi connectivity index (χ2v) is 4.15. The van der Waals surface area contributed by atoms with Gasteiger partial charge in [-0.25, -0.2) is 0 Å². The molecule has 1 aromatic rings. The molecule has 0 atom stereocenters. The minimum Gasteiger partial charge on any atom is -0.493 e. The first-order chi connectivity index (χ1) is 10.1. The molecule has 0 fully saturated rings. The summed E-state index contributed by atoms with van der Waals surface area (Å²) in [6.45, 7) is 4.02. The SMILES string of the molecule is C=CCN(CCO)C(=O)c1ccc(OC)c(OC)c1OC. The molecular weight excluding hydrogens is 274 g/mol. The van der Waals surface area contributed by atoms with Gasteiger partial charge in [-0.15, -0.1) is 6.58 Å². The van der Waals surface area contributed by atoms with Crippen LogP contribution in [0, 0.1) is 0 Å². The summed E-state index contributed by atoms with van der Waals surface area (Å²) < 4.78 is 15.7. The molecule has 0 aliphatic rings. The molecule has 0 spiro atoms. The van der Waals surface area contributed by atoms with Gasteiger partial charge in [-0.3, -0.25) is 4.79 Å². The molecule has 0 aliphatic carbocycles. The number of nitrogens with zero attached hydrogens (tertiary/aromatic N) is 1. The Labute approximate surface area is 124 Å². The fourth-order valence-corrected chi connectivity index (χ4v) is 1.99. The van der Waals surface area contributed by atoms with Crippen LogP contribution in [-0.4, -0.2) is 56.9 Å². The van der Waals surface area contributed by atoms with Crippen molar-refractivity contribution in [2.24, 2.45) is 0 Å². The Bertz CT molecular complexity index is 501. The van der Waals surface area contributed by atoms with E-state index in [0.29, 0.717) is 29.4 Å². The molecule has 1 amide bonds. The maximum absolute atomic E-state index is 12.6. The van der Waals surface area contributed by atoms with Crippen molar-refractivity contribution in [2.45, 2.75) is 0 Å². The predicted molar refractivity (Wildman–Crippen MR) is 79.3 cm³/mol. The van der Waals surface area contributed by atoms with E-state index in [9.17, 15) is 4.79 Å². The van der Waals surface area contributed by atoms with Gasteiger partial charge in [-0.1, -0.05) is 6.08 Å². The highest BCUT2D eigenvalue weighted by Crippen LogP contribution is 2.40.